The van der Waals surface area contributed by atoms with E-state index in [4.69, 9.17) is 9.84 Å². The van der Waals surface area contributed by atoms with Crippen LogP contribution >= 0.6 is 0 Å². The van der Waals surface area contributed by atoms with Crippen LogP contribution < -0.4 is 4.74 Å². The maximum Gasteiger partial charge on any atom is 0.344 e. The molecule has 1 unspecified atom stereocenters. The number of ether oxygens (including phenoxy) is 1. The minimum atomic E-state index is -0.878. The Hall–Kier alpha value is -1.51. The van der Waals surface area contributed by atoms with Gasteiger partial charge in [0.2, 0.25) is 0 Å². The highest BCUT2D eigenvalue weighted by molar-refractivity contribution is 5.73. The molecule has 0 amide bonds. The predicted molar refractivity (Wildman–Crippen MR) is 51.6 cm³/mol. The molecule has 1 aromatic carbocycles. The molecule has 14 heavy (non-hydrogen) atoms. The van der Waals surface area contributed by atoms with Crippen molar-refractivity contribution in [2.45, 2.75) is 25.9 Å². The molecular weight excluding hydrogens is 180 g/mol. The summed E-state index contributed by atoms with van der Waals surface area (Å²) in [7, 11) is 0. The van der Waals surface area contributed by atoms with Crippen molar-refractivity contribution >= 4 is 5.97 Å². The van der Waals surface area contributed by atoms with Crippen molar-refractivity contribution in [3.05, 3.63) is 29.3 Å². The highest BCUT2D eigenvalue weighted by Crippen LogP contribution is 2.28. The fourth-order valence-corrected chi connectivity index (χ4v) is 1.65. The van der Waals surface area contributed by atoms with E-state index in [1.54, 1.807) is 0 Å². The third kappa shape index (κ3) is 1.58. The first kappa shape index (κ1) is 9.06. The smallest absolute Gasteiger partial charge is 0.344 e. The molecular formula is C11H12O3. The van der Waals surface area contributed by atoms with Crippen LogP contribution in [0.2, 0.25) is 0 Å². The van der Waals surface area contributed by atoms with E-state index in [9.17, 15) is 4.79 Å². The minimum Gasteiger partial charge on any atom is -0.479 e. The van der Waals surface area contributed by atoms with E-state index in [-0.39, 0.29) is 0 Å². The number of rotatable bonds is 1. The topological polar surface area (TPSA) is 46.5 Å². The van der Waals surface area contributed by atoms with Gasteiger partial charge in [0.25, 0.3) is 0 Å². The fraction of sp³-hybridized carbons (Fsp3) is 0.364. The van der Waals surface area contributed by atoms with Gasteiger partial charge in [0, 0.05) is 0 Å². The number of aryl methyl sites for hydroxylation is 2. The molecule has 2 rings (SSSR count). The first-order chi connectivity index (χ1) is 6.66. The molecule has 0 fully saturated rings. The van der Waals surface area contributed by atoms with Gasteiger partial charge in [0.1, 0.15) is 5.75 Å². The number of carbonyl (C=O) groups is 1. The number of aliphatic carboxylic acids is 1. The summed E-state index contributed by atoms with van der Waals surface area (Å²) in [5.74, 6) is -0.152. The average Bonchev–Trinajstić information content (AvgIpc) is 2.16. The summed E-state index contributed by atoms with van der Waals surface area (Å²) in [6.07, 6.45) is 0.669. The zero-order valence-electron chi connectivity index (χ0n) is 7.99. The third-order valence-corrected chi connectivity index (χ3v) is 2.44. The lowest BCUT2D eigenvalue weighted by Gasteiger charge is -2.23. The van der Waals surface area contributed by atoms with Gasteiger partial charge in [-0.2, -0.15) is 0 Å². The second-order valence-corrected chi connectivity index (χ2v) is 3.59. The maximum atomic E-state index is 10.7. The normalized spacial score (nSPS) is 19.6. The number of hydrogen-bond acceptors (Lipinski definition) is 2. The van der Waals surface area contributed by atoms with Crippen LogP contribution in [-0.2, 0) is 11.2 Å². The van der Waals surface area contributed by atoms with Crippen LogP contribution in [0, 0.1) is 6.92 Å². The SMILES string of the molecule is Cc1ccc2c(c1)OC(C(=O)O)CC2. The van der Waals surface area contributed by atoms with Crippen molar-refractivity contribution < 1.29 is 14.6 Å². The Morgan fingerprint density at radius 2 is 2.36 bits per heavy atom. The van der Waals surface area contributed by atoms with Gasteiger partial charge >= 0.3 is 5.97 Å². The molecule has 0 spiro atoms. The van der Waals surface area contributed by atoms with Crippen LogP contribution in [0.4, 0.5) is 0 Å². The molecule has 1 N–H and O–H groups in total. The second-order valence-electron chi connectivity index (χ2n) is 3.59. The van der Waals surface area contributed by atoms with Gasteiger partial charge in [-0.1, -0.05) is 12.1 Å². The Balaban J connectivity index is 2.29. The van der Waals surface area contributed by atoms with E-state index < -0.39 is 12.1 Å². The number of carboxylic acid groups (broad SMARTS) is 1. The summed E-state index contributed by atoms with van der Waals surface area (Å²) in [6, 6.07) is 5.91. The molecule has 1 aliphatic rings. The Bertz CT molecular complexity index is 371. The monoisotopic (exact) mass is 192 g/mol. The number of fused-ring (bicyclic) bond motifs is 1. The summed E-state index contributed by atoms with van der Waals surface area (Å²) < 4.78 is 5.37. The third-order valence-electron chi connectivity index (χ3n) is 2.44. The summed E-state index contributed by atoms with van der Waals surface area (Å²) in [6.45, 7) is 1.97. The Morgan fingerprint density at radius 3 is 3.07 bits per heavy atom. The zero-order chi connectivity index (χ0) is 10.1. The summed E-state index contributed by atoms with van der Waals surface area (Å²) in [4.78, 5) is 10.7. The molecule has 0 aliphatic carbocycles. The molecule has 1 aromatic rings. The molecule has 74 valence electrons. The number of carboxylic acids is 1. The lowest BCUT2D eigenvalue weighted by Crippen LogP contribution is -2.30. The number of benzene rings is 1. The van der Waals surface area contributed by atoms with Crippen molar-refractivity contribution in [3.8, 4) is 5.75 Å². The first-order valence-electron chi connectivity index (χ1n) is 4.66. The van der Waals surface area contributed by atoms with E-state index in [0.717, 1.165) is 23.3 Å². The van der Waals surface area contributed by atoms with E-state index >= 15 is 0 Å². The Labute approximate surface area is 82.3 Å². The average molecular weight is 192 g/mol. The molecule has 0 saturated carbocycles. The Kier molecular flexibility index (Phi) is 2.15. The highest BCUT2D eigenvalue weighted by Gasteiger charge is 2.25. The van der Waals surface area contributed by atoms with Crippen LogP contribution in [0.1, 0.15) is 17.5 Å². The second kappa shape index (κ2) is 3.33. The van der Waals surface area contributed by atoms with Gasteiger partial charge in [-0.25, -0.2) is 4.79 Å². The molecule has 0 aromatic heterocycles. The number of hydrogen-bond donors (Lipinski definition) is 1. The lowest BCUT2D eigenvalue weighted by atomic mass is 10.0. The molecule has 3 nitrogen and oxygen atoms in total. The van der Waals surface area contributed by atoms with E-state index in [1.165, 1.54) is 0 Å². The van der Waals surface area contributed by atoms with Gasteiger partial charge in [-0.3, -0.25) is 0 Å². The quantitative estimate of drug-likeness (QED) is 0.737. The van der Waals surface area contributed by atoms with E-state index in [1.807, 2.05) is 25.1 Å². The van der Waals surface area contributed by atoms with Gasteiger partial charge in [0.05, 0.1) is 0 Å². The van der Waals surface area contributed by atoms with Crippen LogP contribution in [0.3, 0.4) is 0 Å². The van der Waals surface area contributed by atoms with Crippen LogP contribution in [0.15, 0.2) is 18.2 Å². The Morgan fingerprint density at radius 1 is 1.57 bits per heavy atom. The molecule has 1 atom stereocenters. The summed E-state index contributed by atoms with van der Waals surface area (Å²) in [5.41, 5.74) is 2.20. The largest absolute Gasteiger partial charge is 0.479 e. The van der Waals surface area contributed by atoms with E-state index in [0.29, 0.717) is 6.42 Å². The molecule has 1 heterocycles. The van der Waals surface area contributed by atoms with Crippen LogP contribution in [-0.4, -0.2) is 17.2 Å². The first-order valence-corrected chi connectivity index (χ1v) is 4.66. The molecule has 0 radical (unpaired) electrons. The van der Waals surface area contributed by atoms with Crippen molar-refractivity contribution in [2.75, 3.05) is 0 Å². The van der Waals surface area contributed by atoms with Crippen LogP contribution in [0.25, 0.3) is 0 Å². The summed E-state index contributed by atoms with van der Waals surface area (Å²) in [5, 5.41) is 8.81. The van der Waals surface area contributed by atoms with Crippen molar-refractivity contribution in [1.29, 1.82) is 0 Å². The van der Waals surface area contributed by atoms with Crippen molar-refractivity contribution in [1.82, 2.24) is 0 Å². The maximum absolute atomic E-state index is 10.7. The fourth-order valence-electron chi connectivity index (χ4n) is 1.65. The van der Waals surface area contributed by atoms with Crippen LogP contribution in [0.5, 0.6) is 5.75 Å². The standard InChI is InChI=1S/C11H12O3/c1-7-2-3-8-4-5-9(11(12)13)14-10(8)6-7/h2-3,6,9H,4-5H2,1H3,(H,12,13). The predicted octanol–water partition coefficient (Wildman–Crippen LogP) is 1.77. The van der Waals surface area contributed by atoms with Gasteiger partial charge < -0.3 is 9.84 Å². The molecule has 0 bridgehead atoms. The van der Waals surface area contributed by atoms with Gasteiger partial charge in [-0.15, -0.1) is 0 Å². The zero-order valence-corrected chi connectivity index (χ0v) is 7.99. The highest BCUT2D eigenvalue weighted by atomic mass is 16.5. The molecule has 1 aliphatic heterocycles. The van der Waals surface area contributed by atoms with Crippen molar-refractivity contribution in [3.63, 3.8) is 0 Å². The van der Waals surface area contributed by atoms with Gasteiger partial charge in [-0.05, 0) is 37.0 Å². The minimum absolute atomic E-state index is 0.561. The van der Waals surface area contributed by atoms with E-state index in [2.05, 4.69) is 0 Å². The van der Waals surface area contributed by atoms with Gasteiger partial charge in [0.15, 0.2) is 6.10 Å². The van der Waals surface area contributed by atoms with Crippen molar-refractivity contribution in [2.24, 2.45) is 0 Å². The molecule has 3 heteroatoms. The summed E-state index contributed by atoms with van der Waals surface area (Å²) >= 11 is 0. The molecule has 0 saturated heterocycles. The lowest BCUT2D eigenvalue weighted by molar-refractivity contribution is -0.145.